The van der Waals surface area contributed by atoms with Crippen LogP contribution in [0.3, 0.4) is 0 Å². The van der Waals surface area contributed by atoms with E-state index in [1.165, 1.54) is 0 Å². The summed E-state index contributed by atoms with van der Waals surface area (Å²) in [6, 6.07) is 15.4. The van der Waals surface area contributed by atoms with Gasteiger partial charge < -0.3 is 14.8 Å². The molecule has 1 N–H and O–H groups in total. The van der Waals surface area contributed by atoms with E-state index in [0.717, 1.165) is 24.2 Å². The molecule has 3 rings (SSSR count). The van der Waals surface area contributed by atoms with Crippen molar-refractivity contribution in [3.05, 3.63) is 64.7 Å². The lowest BCUT2D eigenvalue weighted by atomic mass is 10.0. The minimum atomic E-state index is -0.151. The lowest BCUT2D eigenvalue weighted by Crippen LogP contribution is -2.44. The van der Waals surface area contributed by atoms with E-state index in [1.807, 2.05) is 55.5 Å². The molecule has 7 heteroatoms. The second kappa shape index (κ2) is 11.3. The molecule has 1 unspecified atom stereocenters. The molecule has 0 aliphatic carbocycles. The number of carbonyl (C=O) groups excluding carboxylic acids is 1. The third-order valence-corrected chi connectivity index (χ3v) is 4.95. The van der Waals surface area contributed by atoms with Crippen LogP contribution in [0, 0.1) is 6.92 Å². The Hall–Kier alpha value is -1.79. The fourth-order valence-corrected chi connectivity index (χ4v) is 3.45. The van der Waals surface area contributed by atoms with E-state index in [2.05, 4.69) is 10.2 Å². The average molecular weight is 425 g/mol. The van der Waals surface area contributed by atoms with Gasteiger partial charge in [-0.1, -0.05) is 41.9 Å². The normalized spacial score (nSPS) is 15.4. The van der Waals surface area contributed by atoms with Crippen LogP contribution in [0.5, 0.6) is 5.75 Å². The second-order valence-corrected chi connectivity index (χ2v) is 7.00. The number of nitrogens with zero attached hydrogens (tertiary/aromatic N) is 1. The molecule has 1 heterocycles. The SMILES string of the molecule is Cc1cccc(OCC(=O)NCC(c2ccccc2Cl)N2CCOCC2)c1.Cl. The Morgan fingerprint density at radius 3 is 2.68 bits per heavy atom. The van der Waals surface area contributed by atoms with Crippen LogP contribution >= 0.6 is 24.0 Å². The number of carbonyl (C=O) groups is 1. The van der Waals surface area contributed by atoms with Gasteiger partial charge in [-0.3, -0.25) is 9.69 Å². The Morgan fingerprint density at radius 2 is 1.96 bits per heavy atom. The van der Waals surface area contributed by atoms with Crippen molar-refractivity contribution in [3.63, 3.8) is 0 Å². The molecule has 152 valence electrons. The van der Waals surface area contributed by atoms with E-state index in [4.69, 9.17) is 21.1 Å². The van der Waals surface area contributed by atoms with Crippen molar-refractivity contribution < 1.29 is 14.3 Å². The summed E-state index contributed by atoms with van der Waals surface area (Å²) in [6.45, 7) is 5.44. The number of benzene rings is 2. The zero-order chi connectivity index (χ0) is 19.1. The lowest BCUT2D eigenvalue weighted by Gasteiger charge is -2.35. The maximum Gasteiger partial charge on any atom is 0.258 e. The maximum atomic E-state index is 12.3. The number of ether oxygens (including phenoxy) is 2. The molecule has 0 saturated carbocycles. The smallest absolute Gasteiger partial charge is 0.258 e. The molecule has 28 heavy (non-hydrogen) atoms. The van der Waals surface area contributed by atoms with E-state index in [-0.39, 0.29) is 31.0 Å². The molecule has 1 atom stereocenters. The number of hydrogen-bond acceptors (Lipinski definition) is 4. The number of morpholine rings is 1. The monoisotopic (exact) mass is 424 g/mol. The Balaban J connectivity index is 0.00000280. The van der Waals surface area contributed by atoms with Crippen molar-refractivity contribution in [1.29, 1.82) is 0 Å². The summed E-state index contributed by atoms with van der Waals surface area (Å²) in [5.41, 5.74) is 2.11. The van der Waals surface area contributed by atoms with Gasteiger partial charge in [0.2, 0.25) is 0 Å². The summed E-state index contributed by atoms with van der Waals surface area (Å²) in [7, 11) is 0. The first-order chi connectivity index (χ1) is 13.1. The van der Waals surface area contributed by atoms with Gasteiger partial charge in [-0.05, 0) is 36.2 Å². The summed E-state index contributed by atoms with van der Waals surface area (Å²) in [6.07, 6.45) is 0. The highest BCUT2D eigenvalue weighted by Gasteiger charge is 2.24. The van der Waals surface area contributed by atoms with E-state index >= 15 is 0 Å². The number of rotatable bonds is 7. The molecule has 0 aromatic heterocycles. The van der Waals surface area contributed by atoms with Crippen LogP contribution in [-0.2, 0) is 9.53 Å². The minimum Gasteiger partial charge on any atom is -0.484 e. The second-order valence-electron chi connectivity index (χ2n) is 6.59. The molecule has 1 saturated heterocycles. The molecule has 0 bridgehead atoms. The first-order valence-corrected chi connectivity index (χ1v) is 9.53. The minimum absolute atomic E-state index is 0. The summed E-state index contributed by atoms with van der Waals surface area (Å²) < 4.78 is 11.0. The number of nitrogens with one attached hydrogen (secondary N) is 1. The highest BCUT2D eigenvalue weighted by molar-refractivity contribution is 6.31. The summed E-state index contributed by atoms with van der Waals surface area (Å²) in [4.78, 5) is 14.6. The van der Waals surface area contributed by atoms with Gasteiger partial charge in [-0.25, -0.2) is 0 Å². The first-order valence-electron chi connectivity index (χ1n) is 9.16. The first kappa shape index (κ1) is 22.5. The maximum absolute atomic E-state index is 12.3. The number of amides is 1. The topological polar surface area (TPSA) is 50.8 Å². The van der Waals surface area contributed by atoms with Gasteiger partial charge in [0.1, 0.15) is 5.75 Å². The third kappa shape index (κ3) is 6.38. The van der Waals surface area contributed by atoms with Gasteiger partial charge in [-0.15, -0.1) is 12.4 Å². The van der Waals surface area contributed by atoms with Crippen molar-refractivity contribution in [2.24, 2.45) is 0 Å². The molecular formula is C21H26Cl2N2O3. The fraction of sp³-hybridized carbons (Fsp3) is 0.381. The quantitative estimate of drug-likeness (QED) is 0.736. The summed E-state index contributed by atoms with van der Waals surface area (Å²) in [5.74, 6) is 0.544. The Labute approximate surface area is 177 Å². The zero-order valence-corrected chi connectivity index (χ0v) is 17.5. The van der Waals surface area contributed by atoms with Crippen LogP contribution in [0.2, 0.25) is 5.02 Å². The molecule has 1 aliphatic heterocycles. The average Bonchev–Trinajstić information content (AvgIpc) is 2.69. The van der Waals surface area contributed by atoms with Crippen molar-refractivity contribution in [1.82, 2.24) is 10.2 Å². The zero-order valence-electron chi connectivity index (χ0n) is 15.9. The van der Waals surface area contributed by atoms with Gasteiger partial charge in [-0.2, -0.15) is 0 Å². The number of hydrogen-bond donors (Lipinski definition) is 1. The Morgan fingerprint density at radius 1 is 1.21 bits per heavy atom. The molecule has 1 fully saturated rings. The summed E-state index contributed by atoms with van der Waals surface area (Å²) in [5, 5.41) is 3.69. The van der Waals surface area contributed by atoms with Crippen LogP contribution in [0.1, 0.15) is 17.2 Å². The van der Waals surface area contributed by atoms with E-state index in [9.17, 15) is 4.79 Å². The molecule has 0 radical (unpaired) electrons. The van der Waals surface area contributed by atoms with Crippen molar-refractivity contribution in [2.45, 2.75) is 13.0 Å². The molecule has 2 aromatic rings. The molecule has 1 aliphatic rings. The van der Waals surface area contributed by atoms with Crippen LogP contribution in [0.4, 0.5) is 0 Å². The molecular weight excluding hydrogens is 399 g/mol. The number of halogens is 2. The standard InChI is InChI=1S/C21H25ClN2O3.ClH/c1-16-5-4-6-17(13-16)27-15-21(25)23-14-20(24-9-11-26-12-10-24)18-7-2-3-8-19(18)22;/h2-8,13,20H,9-12,14-15H2,1H3,(H,23,25);1H. The fourth-order valence-electron chi connectivity index (χ4n) is 3.19. The Bertz CT molecular complexity index is 767. The molecule has 0 spiro atoms. The van der Waals surface area contributed by atoms with Gasteiger partial charge in [0.15, 0.2) is 6.61 Å². The van der Waals surface area contributed by atoms with E-state index in [1.54, 1.807) is 0 Å². The molecule has 5 nitrogen and oxygen atoms in total. The van der Waals surface area contributed by atoms with E-state index < -0.39 is 0 Å². The predicted octanol–water partition coefficient (Wildman–Crippen LogP) is 3.64. The highest BCUT2D eigenvalue weighted by atomic mass is 35.5. The summed E-state index contributed by atoms with van der Waals surface area (Å²) >= 11 is 6.41. The van der Waals surface area contributed by atoms with Gasteiger partial charge in [0.05, 0.1) is 19.3 Å². The van der Waals surface area contributed by atoms with Gasteiger partial charge in [0.25, 0.3) is 5.91 Å². The van der Waals surface area contributed by atoms with Gasteiger partial charge >= 0.3 is 0 Å². The van der Waals surface area contributed by atoms with Gasteiger partial charge in [0, 0.05) is 24.7 Å². The van der Waals surface area contributed by atoms with Crippen LogP contribution in [0.15, 0.2) is 48.5 Å². The Kier molecular flexibility index (Phi) is 9.06. The third-order valence-electron chi connectivity index (χ3n) is 4.60. The number of aryl methyl sites for hydroxylation is 1. The van der Waals surface area contributed by atoms with Crippen molar-refractivity contribution >= 4 is 29.9 Å². The lowest BCUT2D eigenvalue weighted by molar-refractivity contribution is -0.123. The highest BCUT2D eigenvalue weighted by Crippen LogP contribution is 2.27. The van der Waals surface area contributed by atoms with Crippen molar-refractivity contribution in [3.8, 4) is 5.75 Å². The van der Waals surface area contributed by atoms with Crippen LogP contribution in [-0.4, -0.2) is 50.3 Å². The molecule has 2 aromatic carbocycles. The van der Waals surface area contributed by atoms with E-state index in [0.29, 0.717) is 30.5 Å². The molecule has 1 amide bonds. The van der Waals surface area contributed by atoms with Crippen molar-refractivity contribution in [2.75, 3.05) is 39.5 Å². The van der Waals surface area contributed by atoms with Crippen LogP contribution in [0.25, 0.3) is 0 Å². The largest absolute Gasteiger partial charge is 0.484 e. The van der Waals surface area contributed by atoms with Crippen LogP contribution < -0.4 is 10.1 Å². The predicted molar refractivity (Wildman–Crippen MR) is 114 cm³/mol.